The van der Waals surface area contributed by atoms with E-state index in [-0.39, 0.29) is 6.54 Å². The lowest BCUT2D eigenvalue weighted by atomic mass is 10.1. The lowest BCUT2D eigenvalue weighted by Gasteiger charge is -2.18. The number of sulfonamides is 1. The highest BCUT2D eigenvalue weighted by molar-refractivity contribution is 7.90. The monoisotopic (exact) mass is 298 g/mol. The number of esters is 1. The fourth-order valence-electron chi connectivity index (χ4n) is 2.51. The summed E-state index contributed by atoms with van der Waals surface area (Å²) < 4.78 is 31.9. The molecule has 0 aromatic carbocycles. The molecule has 0 spiro atoms. The molecule has 0 aliphatic heterocycles. The molecule has 1 fully saturated rings. The Kier molecular flexibility index (Phi) is 4.72. The number of nitrogens with one attached hydrogen (secondary N) is 1. The van der Waals surface area contributed by atoms with E-state index in [0.29, 0.717) is 12.8 Å². The van der Waals surface area contributed by atoms with Gasteiger partial charge in [-0.25, -0.2) is 13.1 Å². The van der Waals surface area contributed by atoms with Crippen LogP contribution in [0.25, 0.3) is 0 Å². The van der Waals surface area contributed by atoms with Gasteiger partial charge in [0, 0.05) is 18.9 Å². The highest BCUT2D eigenvalue weighted by atomic mass is 32.2. The van der Waals surface area contributed by atoms with Gasteiger partial charge in [0.2, 0.25) is 10.0 Å². The average molecular weight is 298 g/mol. The molecule has 1 aromatic heterocycles. The van der Waals surface area contributed by atoms with Crippen LogP contribution in [0.2, 0.25) is 0 Å². The van der Waals surface area contributed by atoms with Gasteiger partial charge in [-0.1, -0.05) is 6.42 Å². The van der Waals surface area contributed by atoms with Gasteiger partial charge in [0.05, 0.1) is 18.3 Å². The third-order valence-electron chi connectivity index (χ3n) is 3.58. The molecule has 1 aliphatic rings. The summed E-state index contributed by atoms with van der Waals surface area (Å²) in [5.74, 6) is -1.00. The minimum Gasteiger partial charge on any atom is -0.469 e. The van der Waals surface area contributed by atoms with E-state index < -0.39 is 27.2 Å². The molecule has 0 radical (unpaired) electrons. The Morgan fingerprint density at radius 3 is 2.75 bits per heavy atom. The summed E-state index contributed by atoms with van der Waals surface area (Å²) in [5.41, 5.74) is 0.830. The summed E-state index contributed by atoms with van der Waals surface area (Å²) in [4.78, 5) is 15.5. The van der Waals surface area contributed by atoms with E-state index in [4.69, 9.17) is 0 Å². The first-order valence-corrected chi connectivity index (χ1v) is 8.04. The van der Waals surface area contributed by atoms with Crippen molar-refractivity contribution in [2.45, 2.75) is 31.1 Å². The summed E-state index contributed by atoms with van der Waals surface area (Å²) in [7, 11) is -2.25. The molecule has 6 nitrogen and oxygen atoms in total. The third-order valence-corrected chi connectivity index (χ3v) is 5.49. The van der Waals surface area contributed by atoms with Crippen LogP contribution in [0.3, 0.4) is 0 Å². The molecule has 1 saturated carbocycles. The van der Waals surface area contributed by atoms with Gasteiger partial charge in [0.1, 0.15) is 0 Å². The van der Waals surface area contributed by atoms with Crippen LogP contribution >= 0.6 is 0 Å². The van der Waals surface area contributed by atoms with Gasteiger partial charge in [0.15, 0.2) is 0 Å². The maximum atomic E-state index is 12.3. The highest BCUT2D eigenvalue weighted by Gasteiger charge is 2.41. The maximum absolute atomic E-state index is 12.3. The van der Waals surface area contributed by atoms with Crippen molar-refractivity contribution in [2.24, 2.45) is 5.92 Å². The van der Waals surface area contributed by atoms with E-state index in [1.807, 2.05) is 0 Å². The van der Waals surface area contributed by atoms with Crippen LogP contribution < -0.4 is 4.72 Å². The zero-order valence-electron chi connectivity index (χ0n) is 11.3. The van der Waals surface area contributed by atoms with E-state index in [9.17, 15) is 13.2 Å². The van der Waals surface area contributed by atoms with Crippen LogP contribution in [0.4, 0.5) is 0 Å². The van der Waals surface area contributed by atoms with E-state index in [2.05, 4.69) is 14.4 Å². The van der Waals surface area contributed by atoms with Crippen LogP contribution in [-0.4, -0.2) is 31.7 Å². The van der Waals surface area contributed by atoms with Crippen molar-refractivity contribution in [2.75, 3.05) is 7.11 Å². The fraction of sp³-hybridized carbons (Fsp3) is 0.538. The van der Waals surface area contributed by atoms with Crippen LogP contribution in [0.15, 0.2) is 24.5 Å². The Bertz CT molecular complexity index is 559. The van der Waals surface area contributed by atoms with Gasteiger partial charge in [0.25, 0.3) is 0 Å². The summed E-state index contributed by atoms with van der Waals surface area (Å²) in [6.45, 7) is 0.204. The molecule has 7 heteroatoms. The minimum atomic E-state index is -3.53. The molecular formula is C13H18N2O4S. The lowest BCUT2D eigenvalue weighted by molar-refractivity contribution is -0.145. The number of rotatable bonds is 5. The van der Waals surface area contributed by atoms with Crippen LogP contribution in [0, 0.1) is 5.92 Å². The molecule has 20 heavy (non-hydrogen) atoms. The average Bonchev–Trinajstić information content (AvgIpc) is 2.96. The summed E-state index contributed by atoms with van der Waals surface area (Å²) in [6, 6.07) is 3.49. The summed E-state index contributed by atoms with van der Waals surface area (Å²) in [5, 5.41) is -0.697. The number of carbonyl (C=O) groups excluding carboxylic acids is 1. The number of nitrogens with zero attached hydrogens (tertiary/aromatic N) is 1. The molecule has 1 N–H and O–H groups in total. The van der Waals surface area contributed by atoms with Crippen LogP contribution in [0.5, 0.6) is 0 Å². The topological polar surface area (TPSA) is 85.4 Å². The molecule has 1 aromatic rings. The maximum Gasteiger partial charge on any atom is 0.310 e. The first-order valence-electron chi connectivity index (χ1n) is 6.50. The zero-order valence-corrected chi connectivity index (χ0v) is 12.1. The molecule has 2 unspecified atom stereocenters. The van der Waals surface area contributed by atoms with E-state index in [1.165, 1.54) is 7.11 Å². The van der Waals surface area contributed by atoms with E-state index >= 15 is 0 Å². The number of pyridine rings is 1. The lowest BCUT2D eigenvalue weighted by Crippen LogP contribution is -2.39. The normalized spacial score (nSPS) is 22.6. The first kappa shape index (κ1) is 14.9. The molecule has 0 amide bonds. The molecule has 110 valence electrons. The van der Waals surface area contributed by atoms with Crippen molar-refractivity contribution in [3.63, 3.8) is 0 Å². The molecule has 2 atom stereocenters. The standard InChI is InChI=1S/C13H18N2O4S/c1-19-13(16)11-3-2-4-12(11)20(17,18)15-9-10-5-7-14-8-6-10/h5-8,11-12,15H,2-4,9H2,1H3. The molecular weight excluding hydrogens is 280 g/mol. The Morgan fingerprint density at radius 1 is 1.40 bits per heavy atom. The molecule has 0 bridgehead atoms. The Labute approximate surface area is 118 Å². The highest BCUT2D eigenvalue weighted by Crippen LogP contribution is 2.31. The summed E-state index contributed by atoms with van der Waals surface area (Å²) >= 11 is 0. The number of hydrogen-bond donors (Lipinski definition) is 1. The minimum absolute atomic E-state index is 0.204. The van der Waals surface area contributed by atoms with Gasteiger partial charge in [-0.2, -0.15) is 0 Å². The van der Waals surface area contributed by atoms with Crippen molar-refractivity contribution in [1.82, 2.24) is 9.71 Å². The van der Waals surface area contributed by atoms with Crippen LogP contribution in [0.1, 0.15) is 24.8 Å². The van der Waals surface area contributed by atoms with Gasteiger partial charge in [-0.05, 0) is 30.5 Å². The third kappa shape index (κ3) is 3.34. The van der Waals surface area contributed by atoms with Crippen molar-refractivity contribution < 1.29 is 17.9 Å². The predicted molar refractivity (Wildman–Crippen MR) is 73.1 cm³/mol. The van der Waals surface area contributed by atoms with Gasteiger partial charge in [-0.3, -0.25) is 9.78 Å². The van der Waals surface area contributed by atoms with Crippen LogP contribution in [-0.2, 0) is 26.1 Å². The predicted octanol–water partition coefficient (Wildman–Crippen LogP) is 0.843. The molecule has 0 saturated heterocycles. The molecule has 1 aliphatic carbocycles. The Balaban J connectivity index is 2.04. The number of aromatic nitrogens is 1. The van der Waals surface area contributed by atoms with Gasteiger partial charge in [-0.15, -0.1) is 0 Å². The second kappa shape index (κ2) is 6.32. The van der Waals surface area contributed by atoms with Gasteiger partial charge >= 0.3 is 5.97 Å². The SMILES string of the molecule is COC(=O)C1CCCC1S(=O)(=O)NCc1ccncc1. The zero-order chi connectivity index (χ0) is 14.6. The van der Waals surface area contributed by atoms with Crippen molar-refractivity contribution >= 4 is 16.0 Å². The van der Waals surface area contributed by atoms with E-state index in [0.717, 1.165) is 12.0 Å². The molecule has 1 heterocycles. The molecule has 2 rings (SSSR count). The summed E-state index contributed by atoms with van der Waals surface area (Å²) in [6.07, 6.45) is 4.99. The number of ether oxygens (including phenoxy) is 1. The van der Waals surface area contributed by atoms with Crippen molar-refractivity contribution in [1.29, 1.82) is 0 Å². The van der Waals surface area contributed by atoms with Crippen molar-refractivity contribution in [3.05, 3.63) is 30.1 Å². The quantitative estimate of drug-likeness (QED) is 0.814. The second-order valence-electron chi connectivity index (χ2n) is 4.82. The van der Waals surface area contributed by atoms with Crippen molar-refractivity contribution in [3.8, 4) is 0 Å². The largest absolute Gasteiger partial charge is 0.469 e. The fourth-order valence-corrected chi connectivity index (χ4v) is 4.25. The number of methoxy groups -OCH3 is 1. The van der Waals surface area contributed by atoms with Gasteiger partial charge < -0.3 is 4.74 Å². The van der Waals surface area contributed by atoms with E-state index in [1.54, 1.807) is 24.5 Å². The smallest absolute Gasteiger partial charge is 0.310 e. The Morgan fingerprint density at radius 2 is 2.10 bits per heavy atom. The second-order valence-corrected chi connectivity index (χ2v) is 6.80. The first-order chi connectivity index (χ1) is 9.54. The number of carbonyl (C=O) groups is 1. The number of hydrogen-bond acceptors (Lipinski definition) is 5. The Hall–Kier alpha value is -1.47.